The van der Waals surface area contributed by atoms with Gasteiger partial charge in [-0.15, -0.1) is 0 Å². The lowest BCUT2D eigenvalue weighted by Gasteiger charge is -2.43. The summed E-state index contributed by atoms with van der Waals surface area (Å²) in [6.45, 7) is 13.1. The zero-order valence-corrected chi connectivity index (χ0v) is 47.5. The Bertz CT molecular complexity index is 2320. The van der Waals surface area contributed by atoms with Gasteiger partial charge in [0, 0.05) is 77.7 Å². The van der Waals surface area contributed by atoms with Crippen molar-refractivity contribution in [3.05, 3.63) is 82.0 Å². The summed E-state index contributed by atoms with van der Waals surface area (Å²) in [4.78, 5) is 82.1. The summed E-state index contributed by atoms with van der Waals surface area (Å²) in [6, 6.07) is 3.87. The van der Waals surface area contributed by atoms with Crippen LogP contribution in [0.15, 0.2) is 71.9 Å². The van der Waals surface area contributed by atoms with E-state index in [-0.39, 0.29) is 60.3 Å². The van der Waals surface area contributed by atoms with Crippen molar-refractivity contribution < 1.29 is 77.0 Å². The molecule has 1 aliphatic carbocycles. The second-order valence-corrected chi connectivity index (χ2v) is 22.2. The number of amides is 1. The van der Waals surface area contributed by atoms with E-state index in [0.29, 0.717) is 69.8 Å². The lowest BCUT2D eigenvalue weighted by molar-refractivity contribution is -0.384. The number of nitro groups is 1. The summed E-state index contributed by atoms with van der Waals surface area (Å²) in [5.74, 6) is -7.48. The van der Waals surface area contributed by atoms with Crippen LogP contribution in [0.1, 0.15) is 126 Å². The first-order valence-electron chi connectivity index (χ1n) is 27.7. The van der Waals surface area contributed by atoms with Crippen molar-refractivity contribution in [1.82, 2.24) is 4.90 Å². The van der Waals surface area contributed by atoms with Gasteiger partial charge in [0.05, 0.1) is 29.3 Å². The Morgan fingerprint density at radius 3 is 2.19 bits per heavy atom. The number of carbonyl (C=O) groups excluding carboxylic acids is 5. The molecular formula is C59H86N2O17. The average Bonchev–Trinajstić information content (AvgIpc) is 3.46. The minimum Gasteiger partial charge on any atom is -0.460 e. The smallest absolute Gasteiger partial charge is 0.460 e. The molecule has 2 N–H and O–H groups in total. The van der Waals surface area contributed by atoms with E-state index < -0.39 is 101 Å². The average molecular weight is 1100 g/mol. The number of ketones is 2. The summed E-state index contributed by atoms with van der Waals surface area (Å²) >= 11 is 0. The molecule has 1 aromatic rings. The highest BCUT2D eigenvalue weighted by Gasteiger charge is 2.53. The number of non-ortho nitro benzene ring substituents is 1. The molecule has 1 amide bonds. The van der Waals surface area contributed by atoms with E-state index in [9.17, 15) is 44.3 Å². The lowest BCUT2D eigenvalue weighted by Crippen LogP contribution is -2.61. The number of esters is 1. The van der Waals surface area contributed by atoms with Gasteiger partial charge in [0.15, 0.2) is 5.78 Å². The maximum atomic E-state index is 14.7. The second kappa shape index (κ2) is 29.9. The largest absolute Gasteiger partial charge is 0.514 e. The van der Waals surface area contributed by atoms with Crippen LogP contribution >= 0.6 is 0 Å². The number of piperidine rings is 1. The maximum Gasteiger partial charge on any atom is 0.514 e. The molecule has 16 atom stereocenters. The van der Waals surface area contributed by atoms with Gasteiger partial charge in [-0.3, -0.25) is 24.5 Å². The monoisotopic (exact) mass is 1090 g/mol. The zero-order valence-electron chi connectivity index (χ0n) is 47.5. The number of carbonyl (C=O) groups is 5. The van der Waals surface area contributed by atoms with E-state index in [1.807, 2.05) is 78.0 Å². The molecule has 3 heterocycles. The third-order valence-electron chi connectivity index (χ3n) is 16.4. The molecule has 3 aliphatic heterocycles. The normalized spacial score (nSPS) is 36.3. The van der Waals surface area contributed by atoms with Crippen molar-refractivity contribution in [2.75, 3.05) is 35.0 Å². The van der Waals surface area contributed by atoms with Crippen LogP contribution in [0.4, 0.5) is 10.5 Å². The van der Waals surface area contributed by atoms with Crippen LogP contribution < -0.4 is 4.74 Å². The Morgan fingerprint density at radius 1 is 0.833 bits per heavy atom. The van der Waals surface area contributed by atoms with Gasteiger partial charge in [-0.25, -0.2) is 9.59 Å². The van der Waals surface area contributed by atoms with Gasteiger partial charge in [0.25, 0.3) is 17.4 Å². The predicted molar refractivity (Wildman–Crippen MR) is 289 cm³/mol. The Kier molecular flexibility index (Phi) is 24.4. The van der Waals surface area contributed by atoms with Gasteiger partial charge in [-0.05, 0) is 119 Å². The van der Waals surface area contributed by atoms with Crippen LogP contribution in [0.2, 0.25) is 0 Å². The van der Waals surface area contributed by atoms with E-state index in [4.69, 9.17) is 37.9 Å². The van der Waals surface area contributed by atoms with Crippen molar-refractivity contribution >= 4 is 35.3 Å². The van der Waals surface area contributed by atoms with Gasteiger partial charge in [0.2, 0.25) is 5.79 Å². The first kappa shape index (κ1) is 63.7. The van der Waals surface area contributed by atoms with Gasteiger partial charge in [-0.2, -0.15) is 0 Å². The summed E-state index contributed by atoms with van der Waals surface area (Å²) < 4.78 is 47.0. The van der Waals surface area contributed by atoms with Crippen LogP contribution in [-0.4, -0.2) is 145 Å². The summed E-state index contributed by atoms with van der Waals surface area (Å²) in [7, 11) is 6.07. The highest BCUT2D eigenvalue weighted by molar-refractivity contribution is 6.39. The fourth-order valence-corrected chi connectivity index (χ4v) is 11.6. The van der Waals surface area contributed by atoms with Gasteiger partial charge < -0.3 is 53.0 Å². The first-order valence-corrected chi connectivity index (χ1v) is 27.7. The van der Waals surface area contributed by atoms with Gasteiger partial charge in [0.1, 0.15) is 36.2 Å². The number of hydrogen-bond donors (Lipinski definition) is 2. The molecule has 1 aromatic carbocycles. The second-order valence-electron chi connectivity index (χ2n) is 22.2. The Labute approximate surface area is 460 Å². The number of rotatable bonds is 10. The number of benzene rings is 1. The van der Waals surface area contributed by atoms with E-state index >= 15 is 0 Å². The molecule has 2 unspecified atom stereocenters. The number of fused-ring (bicyclic) bond motifs is 3. The van der Waals surface area contributed by atoms with E-state index in [0.717, 1.165) is 5.57 Å². The number of aliphatic hydroxyl groups excluding tert-OH is 1. The Balaban J connectivity index is 1.43. The molecular weight excluding hydrogens is 1010 g/mol. The lowest BCUT2D eigenvalue weighted by atomic mass is 9.78. The van der Waals surface area contributed by atoms with Crippen molar-refractivity contribution in [1.29, 1.82) is 0 Å². The molecule has 0 radical (unpaired) electrons. The summed E-state index contributed by atoms with van der Waals surface area (Å²) in [5, 5.41) is 35.2. The quantitative estimate of drug-likeness (QED) is 0.0555. The van der Waals surface area contributed by atoms with Crippen molar-refractivity contribution in [3.63, 3.8) is 0 Å². The molecule has 5 rings (SSSR count). The van der Waals surface area contributed by atoms with Gasteiger partial charge >= 0.3 is 12.1 Å². The molecule has 3 fully saturated rings. The fraction of sp³-hybridized carbons (Fsp3) is 0.678. The molecule has 1 saturated carbocycles. The molecule has 434 valence electrons. The number of aliphatic hydroxyl groups is 2. The van der Waals surface area contributed by atoms with Crippen LogP contribution in [0.3, 0.4) is 0 Å². The molecule has 0 aromatic heterocycles. The first-order chi connectivity index (χ1) is 37.0. The van der Waals surface area contributed by atoms with E-state index in [1.165, 1.54) is 50.5 Å². The number of allylic oxidation sites excluding steroid dienone is 5. The maximum absolute atomic E-state index is 14.7. The van der Waals surface area contributed by atoms with Crippen molar-refractivity contribution in [3.8, 4) is 5.75 Å². The van der Waals surface area contributed by atoms with Crippen LogP contribution in [0.5, 0.6) is 5.75 Å². The Morgan fingerprint density at radius 2 is 1.54 bits per heavy atom. The molecule has 4 aliphatic rings. The SMILES string of the molecule is COC1C[C@@H]2CC[C@@H](C)[C@@](O)(O2)C(=O)C(=O)N2CCCC[C@H]2C(=O)O[C@H]([C@H](C)C[C@@H]2CC[C@@H](OC(=O)Oc3ccc([N+](=O)[O-])cc3)[C@H](OC)C2)C[C@@H](O)[C@H](C)/C=C(\C)C(OC)[C@@H](OC)C(=O)[C@H](C)C[C@H](C)/C=C/C=C/C=C/1C. The summed E-state index contributed by atoms with van der Waals surface area (Å²) in [5.41, 5.74) is 1.37. The molecule has 2 bridgehead atoms. The summed E-state index contributed by atoms with van der Waals surface area (Å²) in [6.07, 6.45) is 9.46. The number of Topliss-reactive ketones (excluding diaryl/α,β-unsaturated/α-hetero) is 2. The number of nitro benzene ring substituents is 1. The fourth-order valence-electron chi connectivity index (χ4n) is 11.6. The predicted octanol–water partition coefficient (Wildman–Crippen LogP) is 8.76. The molecule has 19 nitrogen and oxygen atoms in total. The molecule has 2 saturated heterocycles. The van der Waals surface area contributed by atoms with Crippen LogP contribution in [-0.2, 0) is 52.3 Å². The topological polar surface area (TPSA) is 246 Å². The number of nitrogens with zero attached hydrogens (tertiary/aromatic N) is 2. The van der Waals surface area contributed by atoms with Gasteiger partial charge in [-0.1, -0.05) is 71.1 Å². The third kappa shape index (κ3) is 16.9. The van der Waals surface area contributed by atoms with Crippen LogP contribution in [0, 0.1) is 45.6 Å². The minimum atomic E-state index is -2.46. The van der Waals surface area contributed by atoms with Crippen LogP contribution in [0.25, 0.3) is 0 Å². The molecule has 78 heavy (non-hydrogen) atoms. The van der Waals surface area contributed by atoms with Crippen molar-refractivity contribution in [2.45, 2.75) is 186 Å². The third-order valence-corrected chi connectivity index (χ3v) is 16.4. The van der Waals surface area contributed by atoms with E-state index in [2.05, 4.69) is 0 Å². The standard InChI is InChI=1S/C59H86N2O17/c1-35-17-13-12-14-18-36(2)49(71-8)33-45-24-20-41(7)59(68,78-45)55(64)56(65)60-28-16-15-19-46(60)57(66)76-50(34-47(62)37(3)30-40(6)53(73-10)54(74-11)52(63)39(5)29-35)38(4)31-42-21-27-48(51(32-42)72-9)77-58(67)75-44-25-22-43(23-26-44)61(69)70/h12-14,17-18,22-23,25-26,30,35,37-39,41-42,45-51,53-54,62,68H,15-16,19-21,24,27-29,31-34H2,1-11H3/b14-12+,17-13+,36-18+,40-30+/t35-,37-,38-,39-,41-,42+,45+,46+,47-,48-,49?,50+,51-,53?,54+,59-/m1/s1. The highest BCUT2D eigenvalue weighted by Crippen LogP contribution is 2.39. The number of methoxy groups -OCH3 is 4. The minimum absolute atomic E-state index is 0.0174. The number of cyclic esters (lactones) is 1. The van der Waals surface area contributed by atoms with Crippen molar-refractivity contribution in [2.24, 2.45) is 35.5 Å². The highest BCUT2D eigenvalue weighted by atomic mass is 16.7. The molecule has 0 spiro atoms. The number of hydrogen-bond acceptors (Lipinski definition) is 17. The molecule has 19 heteroatoms. The van der Waals surface area contributed by atoms with E-state index in [1.54, 1.807) is 14.0 Å². The zero-order chi connectivity index (χ0) is 57.4. The number of ether oxygens (including phenoxy) is 8. The Hall–Kier alpha value is -5.15.